The minimum absolute atomic E-state index is 0.770. The molecule has 0 spiro atoms. The van der Waals surface area contributed by atoms with Crippen LogP contribution in [-0.4, -0.2) is 6.29 Å². The lowest BCUT2D eigenvalue weighted by Gasteiger charge is -1.98. The van der Waals surface area contributed by atoms with Crippen molar-refractivity contribution in [1.82, 2.24) is 0 Å². The van der Waals surface area contributed by atoms with Gasteiger partial charge in [-0.15, -0.1) is 0 Å². The average molecular weight is 225 g/mol. The SMILES string of the molecule is Cc1ccc(/C=C/C=O)c(Br)c1. The highest BCUT2D eigenvalue weighted by atomic mass is 79.9. The molecule has 0 aliphatic rings. The van der Waals surface area contributed by atoms with E-state index in [4.69, 9.17) is 0 Å². The fourth-order valence-electron chi connectivity index (χ4n) is 0.910. The van der Waals surface area contributed by atoms with Gasteiger partial charge in [-0.1, -0.05) is 34.1 Å². The lowest BCUT2D eigenvalue weighted by atomic mass is 10.1. The summed E-state index contributed by atoms with van der Waals surface area (Å²) in [5, 5.41) is 0. The molecule has 2 heteroatoms. The molecule has 0 amide bonds. The number of allylic oxidation sites excluding steroid dienone is 1. The van der Waals surface area contributed by atoms with Gasteiger partial charge in [-0.05, 0) is 30.2 Å². The number of hydrogen-bond donors (Lipinski definition) is 0. The first-order chi connectivity index (χ1) is 5.74. The molecule has 0 heterocycles. The summed E-state index contributed by atoms with van der Waals surface area (Å²) in [6.45, 7) is 2.03. The second-order valence-electron chi connectivity index (χ2n) is 2.52. The third kappa shape index (κ3) is 2.31. The summed E-state index contributed by atoms with van der Waals surface area (Å²) in [6.07, 6.45) is 4.03. The number of aldehydes is 1. The summed E-state index contributed by atoms with van der Waals surface area (Å²) < 4.78 is 1.01. The first-order valence-corrected chi connectivity index (χ1v) is 4.41. The van der Waals surface area contributed by atoms with Gasteiger partial charge in [0.25, 0.3) is 0 Å². The van der Waals surface area contributed by atoms with E-state index >= 15 is 0 Å². The fourth-order valence-corrected chi connectivity index (χ4v) is 1.54. The summed E-state index contributed by atoms with van der Waals surface area (Å²) in [7, 11) is 0. The van der Waals surface area contributed by atoms with Crippen LogP contribution in [0.15, 0.2) is 28.7 Å². The zero-order valence-electron chi connectivity index (χ0n) is 6.75. The van der Waals surface area contributed by atoms with E-state index in [1.807, 2.05) is 25.1 Å². The van der Waals surface area contributed by atoms with Gasteiger partial charge in [-0.25, -0.2) is 0 Å². The molecular weight excluding hydrogens is 216 g/mol. The number of halogens is 1. The van der Waals surface area contributed by atoms with Crippen molar-refractivity contribution in [2.24, 2.45) is 0 Å². The van der Waals surface area contributed by atoms with Crippen LogP contribution < -0.4 is 0 Å². The molecule has 0 saturated carbocycles. The molecule has 0 aliphatic heterocycles. The molecule has 0 aromatic heterocycles. The molecule has 0 saturated heterocycles. The summed E-state index contributed by atoms with van der Waals surface area (Å²) >= 11 is 3.41. The maximum atomic E-state index is 10.1. The third-order valence-electron chi connectivity index (χ3n) is 1.51. The lowest BCUT2D eigenvalue weighted by Crippen LogP contribution is -1.77. The second kappa shape index (κ2) is 4.21. The molecule has 0 radical (unpaired) electrons. The molecular formula is C10H9BrO. The molecule has 1 aromatic carbocycles. The Labute approximate surface area is 80.2 Å². The van der Waals surface area contributed by atoms with E-state index in [9.17, 15) is 4.79 Å². The molecule has 0 atom stereocenters. The fraction of sp³-hybridized carbons (Fsp3) is 0.100. The highest BCUT2D eigenvalue weighted by molar-refractivity contribution is 9.10. The van der Waals surface area contributed by atoms with Crippen LogP contribution >= 0.6 is 15.9 Å². The Hall–Kier alpha value is -0.890. The van der Waals surface area contributed by atoms with Crippen molar-refractivity contribution in [3.63, 3.8) is 0 Å². The predicted molar refractivity (Wildman–Crippen MR) is 54.0 cm³/mol. The Balaban J connectivity index is 3.01. The molecule has 1 rings (SSSR count). The van der Waals surface area contributed by atoms with Crippen molar-refractivity contribution < 1.29 is 4.79 Å². The Bertz CT molecular complexity index is 316. The smallest absolute Gasteiger partial charge is 0.142 e. The van der Waals surface area contributed by atoms with E-state index < -0.39 is 0 Å². The number of carbonyl (C=O) groups excluding carboxylic acids is 1. The molecule has 1 nitrogen and oxygen atoms in total. The largest absolute Gasteiger partial charge is 0.299 e. The van der Waals surface area contributed by atoms with E-state index in [0.29, 0.717) is 0 Å². The topological polar surface area (TPSA) is 17.1 Å². The maximum absolute atomic E-state index is 10.1. The van der Waals surface area contributed by atoms with Gasteiger partial charge >= 0.3 is 0 Å². The van der Waals surface area contributed by atoms with Gasteiger partial charge in [0.2, 0.25) is 0 Å². The van der Waals surface area contributed by atoms with E-state index in [1.165, 1.54) is 11.6 Å². The lowest BCUT2D eigenvalue weighted by molar-refractivity contribution is -0.104. The zero-order chi connectivity index (χ0) is 8.97. The number of carbonyl (C=O) groups is 1. The first kappa shape index (κ1) is 9.20. The summed E-state index contributed by atoms with van der Waals surface area (Å²) in [5.41, 5.74) is 2.22. The van der Waals surface area contributed by atoms with Crippen molar-refractivity contribution in [1.29, 1.82) is 0 Å². The predicted octanol–water partition coefficient (Wildman–Crippen LogP) is 2.97. The highest BCUT2D eigenvalue weighted by Crippen LogP contribution is 2.19. The second-order valence-corrected chi connectivity index (χ2v) is 3.37. The molecule has 0 bridgehead atoms. The maximum Gasteiger partial charge on any atom is 0.142 e. The normalized spacial score (nSPS) is 10.5. The molecule has 0 N–H and O–H groups in total. The van der Waals surface area contributed by atoms with Crippen molar-refractivity contribution in [3.05, 3.63) is 39.9 Å². The quantitative estimate of drug-likeness (QED) is 0.558. The Morgan fingerprint density at radius 2 is 2.17 bits per heavy atom. The van der Waals surface area contributed by atoms with E-state index in [0.717, 1.165) is 16.3 Å². The van der Waals surface area contributed by atoms with Crippen LogP contribution in [0.3, 0.4) is 0 Å². The van der Waals surface area contributed by atoms with Crippen LogP contribution in [0.4, 0.5) is 0 Å². The zero-order valence-corrected chi connectivity index (χ0v) is 8.34. The van der Waals surface area contributed by atoms with Gasteiger partial charge in [0.05, 0.1) is 0 Å². The van der Waals surface area contributed by atoms with Gasteiger partial charge in [0, 0.05) is 4.47 Å². The van der Waals surface area contributed by atoms with Gasteiger partial charge in [0.1, 0.15) is 6.29 Å². The van der Waals surface area contributed by atoms with Crippen molar-refractivity contribution >= 4 is 28.3 Å². The van der Waals surface area contributed by atoms with Crippen LogP contribution in [0.1, 0.15) is 11.1 Å². The molecule has 0 fully saturated rings. The van der Waals surface area contributed by atoms with Gasteiger partial charge in [-0.3, -0.25) is 4.79 Å². The number of hydrogen-bond acceptors (Lipinski definition) is 1. The third-order valence-corrected chi connectivity index (χ3v) is 2.20. The molecule has 0 unspecified atom stereocenters. The summed E-state index contributed by atoms with van der Waals surface area (Å²) in [4.78, 5) is 10.1. The van der Waals surface area contributed by atoms with Crippen LogP contribution in [0, 0.1) is 6.92 Å². The van der Waals surface area contributed by atoms with E-state index in [-0.39, 0.29) is 0 Å². The van der Waals surface area contributed by atoms with Crippen molar-refractivity contribution in [2.45, 2.75) is 6.92 Å². The minimum Gasteiger partial charge on any atom is -0.299 e. The van der Waals surface area contributed by atoms with Crippen molar-refractivity contribution in [3.8, 4) is 0 Å². The molecule has 0 aliphatic carbocycles. The van der Waals surface area contributed by atoms with E-state index in [1.54, 1.807) is 6.08 Å². The minimum atomic E-state index is 0.770. The van der Waals surface area contributed by atoms with Gasteiger partial charge < -0.3 is 0 Å². The summed E-state index contributed by atoms with van der Waals surface area (Å²) in [5.74, 6) is 0. The molecule has 12 heavy (non-hydrogen) atoms. The Kier molecular flexibility index (Phi) is 3.23. The standard InChI is InChI=1S/C10H9BrO/c1-8-4-5-9(3-2-6-12)10(11)7-8/h2-7H,1H3/b3-2+. The highest BCUT2D eigenvalue weighted by Gasteiger charge is 1.94. The van der Waals surface area contributed by atoms with Crippen molar-refractivity contribution in [2.75, 3.05) is 0 Å². The van der Waals surface area contributed by atoms with Crippen LogP contribution in [0.25, 0.3) is 6.08 Å². The summed E-state index contributed by atoms with van der Waals surface area (Å²) in [6, 6.07) is 6.00. The molecule has 62 valence electrons. The molecule has 1 aromatic rings. The number of rotatable bonds is 2. The van der Waals surface area contributed by atoms with Gasteiger partial charge in [-0.2, -0.15) is 0 Å². The van der Waals surface area contributed by atoms with Crippen LogP contribution in [0.2, 0.25) is 0 Å². The Morgan fingerprint density at radius 3 is 2.75 bits per heavy atom. The van der Waals surface area contributed by atoms with Gasteiger partial charge in [0.15, 0.2) is 0 Å². The number of aryl methyl sites for hydroxylation is 1. The van der Waals surface area contributed by atoms with Crippen LogP contribution in [-0.2, 0) is 4.79 Å². The average Bonchev–Trinajstić information content (AvgIpc) is 2.03. The van der Waals surface area contributed by atoms with Crippen LogP contribution in [0.5, 0.6) is 0 Å². The Morgan fingerprint density at radius 1 is 1.42 bits per heavy atom. The van der Waals surface area contributed by atoms with E-state index in [2.05, 4.69) is 15.9 Å². The first-order valence-electron chi connectivity index (χ1n) is 3.62. The number of benzene rings is 1. The monoisotopic (exact) mass is 224 g/mol.